The highest BCUT2D eigenvalue weighted by molar-refractivity contribution is 6.03. The van der Waals surface area contributed by atoms with E-state index < -0.39 is 0 Å². The minimum absolute atomic E-state index is 0.273. The van der Waals surface area contributed by atoms with Gasteiger partial charge in [0.05, 0.1) is 18.0 Å². The average molecular weight is 492 g/mol. The van der Waals surface area contributed by atoms with E-state index >= 15 is 0 Å². The van der Waals surface area contributed by atoms with Crippen molar-refractivity contribution in [2.24, 2.45) is 0 Å². The van der Waals surface area contributed by atoms with Gasteiger partial charge in [-0.15, -0.1) is 0 Å². The van der Waals surface area contributed by atoms with Crippen LogP contribution in [0.3, 0.4) is 0 Å². The van der Waals surface area contributed by atoms with E-state index in [4.69, 9.17) is 9.72 Å². The Morgan fingerprint density at radius 3 is 2.59 bits per heavy atom. The normalized spacial score (nSPS) is 15.0. The summed E-state index contributed by atoms with van der Waals surface area (Å²) < 4.78 is 7.67. The van der Waals surface area contributed by atoms with Crippen LogP contribution in [0.15, 0.2) is 73.1 Å². The number of carbonyl (C=O) groups is 1. The Kier molecular flexibility index (Phi) is 5.12. The summed E-state index contributed by atoms with van der Waals surface area (Å²) >= 11 is 0. The topological polar surface area (TPSA) is 100 Å². The first-order chi connectivity index (χ1) is 18.2. The zero-order valence-corrected chi connectivity index (χ0v) is 20.1. The maximum absolute atomic E-state index is 13.2. The maximum Gasteiger partial charge on any atom is 0.276 e. The Hall–Kier alpha value is -4.66. The molecular formula is C28H25N7O2. The maximum atomic E-state index is 13.2. The van der Waals surface area contributed by atoms with Crippen molar-refractivity contribution < 1.29 is 9.53 Å². The van der Waals surface area contributed by atoms with Crippen molar-refractivity contribution in [1.29, 1.82) is 0 Å². The number of aromatic nitrogens is 5. The summed E-state index contributed by atoms with van der Waals surface area (Å²) in [5.74, 6) is 1.28. The standard InChI is InChI=1S/C28H25N7O2/c36-28(31-21-7-3-10-23(11-21)37-22-8-4-9-22)24-12-27-32-26(34-16-18-5-1-2-6-19(18)17-34)13-25(35(27)33-24)20-14-29-30-15-20/h1-3,5-7,10-15,22H,4,8-9,16-17H2,(H,29,30)(H,31,36). The summed E-state index contributed by atoms with van der Waals surface area (Å²) in [7, 11) is 0. The first-order valence-electron chi connectivity index (χ1n) is 12.5. The number of benzene rings is 2. The van der Waals surface area contributed by atoms with Crippen molar-refractivity contribution in [3.05, 3.63) is 89.9 Å². The SMILES string of the molecule is O=C(Nc1cccc(OC2CCC2)c1)c1cc2nc(N3Cc4ccccc4C3)cc(-c3cn[nH]c3)n2n1. The molecule has 9 heteroatoms. The zero-order valence-electron chi connectivity index (χ0n) is 20.1. The third-order valence-electron chi connectivity index (χ3n) is 7.05. The Bertz CT molecular complexity index is 1580. The number of anilines is 2. The Labute approximate surface area is 213 Å². The van der Waals surface area contributed by atoms with Crippen molar-refractivity contribution in [3.63, 3.8) is 0 Å². The number of hydrogen-bond donors (Lipinski definition) is 2. The largest absolute Gasteiger partial charge is 0.490 e. The van der Waals surface area contributed by atoms with Crippen molar-refractivity contribution >= 4 is 23.1 Å². The lowest BCUT2D eigenvalue weighted by Crippen LogP contribution is -2.24. The van der Waals surface area contributed by atoms with Crippen molar-refractivity contribution in [3.8, 4) is 17.0 Å². The van der Waals surface area contributed by atoms with Crippen molar-refractivity contribution in [2.45, 2.75) is 38.5 Å². The monoisotopic (exact) mass is 491 g/mol. The zero-order chi connectivity index (χ0) is 24.8. The number of hydrogen-bond acceptors (Lipinski definition) is 6. The number of fused-ring (bicyclic) bond motifs is 2. The minimum atomic E-state index is -0.306. The van der Waals surface area contributed by atoms with Crippen LogP contribution in [0.2, 0.25) is 0 Å². The Morgan fingerprint density at radius 1 is 1.03 bits per heavy atom. The van der Waals surface area contributed by atoms with Crippen LogP contribution in [0.5, 0.6) is 5.75 Å². The molecule has 5 aromatic rings. The van der Waals surface area contributed by atoms with Gasteiger partial charge in [-0.2, -0.15) is 10.2 Å². The van der Waals surface area contributed by atoms with E-state index in [1.807, 2.05) is 36.5 Å². The number of H-pyrrole nitrogens is 1. The molecule has 0 unspecified atom stereocenters. The highest BCUT2D eigenvalue weighted by Crippen LogP contribution is 2.31. The van der Waals surface area contributed by atoms with E-state index in [2.05, 4.69) is 49.8 Å². The van der Waals surface area contributed by atoms with E-state index in [0.29, 0.717) is 11.3 Å². The fourth-order valence-corrected chi connectivity index (χ4v) is 4.85. The first kappa shape index (κ1) is 21.6. The number of ether oxygens (including phenoxy) is 1. The molecule has 0 atom stereocenters. The quantitative estimate of drug-likeness (QED) is 0.353. The van der Waals surface area contributed by atoms with Gasteiger partial charge in [-0.1, -0.05) is 30.3 Å². The Morgan fingerprint density at radius 2 is 1.86 bits per heavy atom. The lowest BCUT2D eigenvalue weighted by Gasteiger charge is -2.26. The molecule has 1 aliphatic carbocycles. The molecule has 3 aromatic heterocycles. The molecule has 2 aromatic carbocycles. The molecule has 4 heterocycles. The van der Waals surface area contributed by atoms with Gasteiger partial charge in [-0.3, -0.25) is 9.89 Å². The number of nitrogens with zero attached hydrogens (tertiary/aromatic N) is 5. The van der Waals surface area contributed by atoms with Crippen molar-refractivity contribution in [1.82, 2.24) is 24.8 Å². The van der Waals surface area contributed by atoms with Crippen LogP contribution in [0.1, 0.15) is 40.9 Å². The predicted molar refractivity (Wildman–Crippen MR) is 140 cm³/mol. The van der Waals surface area contributed by atoms with Gasteiger partial charge >= 0.3 is 0 Å². The van der Waals surface area contributed by atoms with E-state index in [0.717, 1.165) is 48.8 Å². The second-order valence-electron chi connectivity index (χ2n) is 9.56. The molecule has 0 radical (unpaired) electrons. The summed E-state index contributed by atoms with van der Waals surface area (Å²) in [5, 5.41) is 14.5. The van der Waals surface area contributed by atoms with Gasteiger partial charge in [0.2, 0.25) is 0 Å². The lowest BCUT2D eigenvalue weighted by molar-refractivity contribution is 0.102. The molecule has 1 saturated carbocycles. The Balaban J connectivity index is 1.20. The molecule has 184 valence electrons. The first-order valence-corrected chi connectivity index (χ1v) is 12.5. The van der Waals surface area contributed by atoms with Crippen LogP contribution in [-0.4, -0.2) is 36.8 Å². The lowest BCUT2D eigenvalue weighted by atomic mass is 9.96. The summed E-state index contributed by atoms with van der Waals surface area (Å²) in [6, 6.07) is 19.6. The third kappa shape index (κ3) is 4.08. The number of amides is 1. The van der Waals surface area contributed by atoms with Crippen LogP contribution in [0.25, 0.3) is 16.9 Å². The van der Waals surface area contributed by atoms with Gasteiger partial charge in [-0.25, -0.2) is 9.50 Å². The van der Waals surface area contributed by atoms with E-state index in [9.17, 15) is 4.79 Å². The van der Waals surface area contributed by atoms with Crippen LogP contribution >= 0.6 is 0 Å². The van der Waals surface area contributed by atoms with Crippen LogP contribution < -0.4 is 15.0 Å². The van der Waals surface area contributed by atoms with Gasteiger partial charge in [0, 0.05) is 48.7 Å². The van der Waals surface area contributed by atoms with E-state index in [1.54, 1.807) is 16.8 Å². The van der Waals surface area contributed by atoms with Gasteiger partial charge in [0.15, 0.2) is 11.3 Å². The minimum Gasteiger partial charge on any atom is -0.490 e. The van der Waals surface area contributed by atoms with Crippen molar-refractivity contribution in [2.75, 3.05) is 10.2 Å². The molecule has 0 spiro atoms. The second-order valence-corrected chi connectivity index (χ2v) is 9.56. The molecule has 2 aliphatic rings. The number of aromatic amines is 1. The van der Waals surface area contributed by atoms with Gasteiger partial charge in [0.1, 0.15) is 11.6 Å². The number of nitrogens with one attached hydrogen (secondary N) is 2. The molecule has 37 heavy (non-hydrogen) atoms. The molecule has 9 nitrogen and oxygen atoms in total. The molecule has 0 bridgehead atoms. The van der Waals surface area contributed by atoms with Gasteiger partial charge in [0.25, 0.3) is 5.91 Å². The van der Waals surface area contributed by atoms with Gasteiger partial charge in [-0.05, 0) is 42.5 Å². The number of carbonyl (C=O) groups excluding carboxylic acids is 1. The van der Waals surface area contributed by atoms with Crippen LogP contribution in [0, 0.1) is 0 Å². The predicted octanol–water partition coefficient (Wildman–Crippen LogP) is 4.82. The van der Waals surface area contributed by atoms with Crippen LogP contribution in [-0.2, 0) is 13.1 Å². The molecular weight excluding hydrogens is 466 g/mol. The molecule has 2 N–H and O–H groups in total. The fraction of sp³-hybridized carbons (Fsp3) is 0.214. The molecule has 1 amide bonds. The number of rotatable bonds is 6. The molecule has 0 saturated heterocycles. The fourth-order valence-electron chi connectivity index (χ4n) is 4.85. The average Bonchev–Trinajstić information content (AvgIpc) is 3.65. The van der Waals surface area contributed by atoms with Gasteiger partial charge < -0.3 is 15.0 Å². The summed E-state index contributed by atoms with van der Waals surface area (Å²) in [5.41, 5.74) is 5.80. The molecule has 1 fully saturated rings. The third-order valence-corrected chi connectivity index (χ3v) is 7.05. The second kappa shape index (κ2) is 8.77. The highest BCUT2D eigenvalue weighted by Gasteiger charge is 2.23. The van der Waals surface area contributed by atoms with E-state index in [1.165, 1.54) is 17.5 Å². The van der Waals surface area contributed by atoms with Crippen LogP contribution in [0.4, 0.5) is 11.5 Å². The summed E-state index contributed by atoms with van der Waals surface area (Å²) in [4.78, 5) is 20.3. The van der Waals surface area contributed by atoms with E-state index in [-0.39, 0.29) is 17.7 Å². The smallest absolute Gasteiger partial charge is 0.276 e. The summed E-state index contributed by atoms with van der Waals surface area (Å²) in [6.07, 6.45) is 7.19. The molecule has 1 aliphatic heterocycles. The highest BCUT2D eigenvalue weighted by atomic mass is 16.5. The summed E-state index contributed by atoms with van der Waals surface area (Å²) in [6.45, 7) is 1.57. The molecule has 7 rings (SSSR count).